The van der Waals surface area contributed by atoms with Crippen molar-refractivity contribution < 1.29 is 4.74 Å². The van der Waals surface area contributed by atoms with Gasteiger partial charge in [-0.1, -0.05) is 66.7 Å². The third-order valence-electron chi connectivity index (χ3n) is 3.80. The number of nitrogens with one attached hydrogen (secondary N) is 1. The second-order valence-corrected chi connectivity index (χ2v) is 5.49. The first kappa shape index (κ1) is 15.8. The molecule has 0 aromatic heterocycles. The predicted molar refractivity (Wildman–Crippen MR) is 99.9 cm³/mol. The first-order valence-corrected chi connectivity index (χ1v) is 7.87. The molecule has 0 fully saturated rings. The van der Waals surface area contributed by atoms with Gasteiger partial charge in [-0.3, -0.25) is 5.43 Å². The Morgan fingerprint density at radius 3 is 1.96 bits per heavy atom. The number of anilines is 1. The van der Waals surface area contributed by atoms with Crippen molar-refractivity contribution in [1.82, 2.24) is 0 Å². The van der Waals surface area contributed by atoms with E-state index in [1.54, 1.807) is 7.11 Å². The van der Waals surface area contributed by atoms with Crippen LogP contribution in [-0.2, 0) is 0 Å². The summed E-state index contributed by atoms with van der Waals surface area (Å²) in [4.78, 5) is 0. The SMILES string of the molecule is COc1cc(NN=C(c2ccccc2)c2ccccc2)ccc1C. The molecule has 0 aliphatic heterocycles. The van der Waals surface area contributed by atoms with Crippen LogP contribution in [0.3, 0.4) is 0 Å². The lowest BCUT2D eigenvalue weighted by Gasteiger charge is -2.10. The van der Waals surface area contributed by atoms with E-state index in [1.807, 2.05) is 61.5 Å². The Morgan fingerprint density at radius 1 is 0.833 bits per heavy atom. The van der Waals surface area contributed by atoms with Gasteiger partial charge in [-0.15, -0.1) is 0 Å². The van der Waals surface area contributed by atoms with E-state index in [-0.39, 0.29) is 0 Å². The Bertz CT molecular complexity index is 785. The van der Waals surface area contributed by atoms with Crippen LogP contribution in [0.4, 0.5) is 5.69 Å². The molecule has 3 aromatic rings. The van der Waals surface area contributed by atoms with Crippen molar-refractivity contribution in [3.8, 4) is 5.75 Å². The standard InChI is InChI=1S/C21H20N2O/c1-16-13-14-19(15-20(16)24-2)22-23-21(17-9-5-3-6-10-17)18-11-7-4-8-12-18/h3-15,22H,1-2H3. The van der Waals surface area contributed by atoms with Crippen LogP contribution in [0, 0.1) is 6.92 Å². The molecule has 0 atom stereocenters. The Morgan fingerprint density at radius 2 is 1.42 bits per heavy atom. The number of benzene rings is 3. The van der Waals surface area contributed by atoms with Crippen LogP contribution in [0.2, 0.25) is 0 Å². The van der Waals surface area contributed by atoms with E-state index < -0.39 is 0 Å². The molecule has 0 aliphatic carbocycles. The number of aryl methyl sites for hydroxylation is 1. The smallest absolute Gasteiger partial charge is 0.123 e. The fraction of sp³-hybridized carbons (Fsp3) is 0.0952. The van der Waals surface area contributed by atoms with E-state index in [4.69, 9.17) is 4.74 Å². The molecule has 0 aliphatic rings. The van der Waals surface area contributed by atoms with Gasteiger partial charge in [-0.25, -0.2) is 0 Å². The van der Waals surface area contributed by atoms with Gasteiger partial charge in [-0.2, -0.15) is 5.10 Å². The van der Waals surface area contributed by atoms with Gasteiger partial charge < -0.3 is 4.74 Å². The number of methoxy groups -OCH3 is 1. The number of hydrogen-bond donors (Lipinski definition) is 1. The fourth-order valence-electron chi connectivity index (χ4n) is 2.50. The molecule has 0 amide bonds. The molecule has 3 nitrogen and oxygen atoms in total. The Labute approximate surface area is 142 Å². The van der Waals surface area contributed by atoms with E-state index >= 15 is 0 Å². The van der Waals surface area contributed by atoms with Gasteiger partial charge in [-0.05, 0) is 18.6 Å². The van der Waals surface area contributed by atoms with Gasteiger partial charge in [0.1, 0.15) is 5.75 Å². The summed E-state index contributed by atoms with van der Waals surface area (Å²) < 4.78 is 5.37. The minimum atomic E-state index is 0.844. The van der Waals surface area contributed by atoms with Gasteiger partial charge in [0.2, 0.25) is 0 Å². The van der Waals surface area contributed by atoms with Crippen LogP contribution in [0.15, 0.2) is 84.0 Å². The average molecular weight is 316 g/mol. The summed E-state index contributed by atoms with van der Waals surface area (Å²) in [7, 11) is 1.68. The highest BCUT2D eigenvalue weighted by molar-refractivity contribution is 6.13. The lowest BCUT2D eigenvalue weighted by Crippen LogP contribution is -2.06. The third kappa shape index (κ3) is 3.63. The van der Waals surface area contributed by atoms with E-state index in [2.05, 4.69) is 34.8 Å². The molecule has 0 saturated heterocycles. The van der Waals surface area contributed by atoms with Crippen molar-refractivity contribution in [2.24, 2.45) is 5.10 Å². The second-order valence-electron chi connectivity index (χ2n) is 5.49. The minimum absolute atomic E-state index is 0.844. The highest BCUT2D eigenvalue weighted by Crippen LogP contribution is 2.22. The number of hydrogen-bond acceptors (Lipinski definition) is 3. The molecule has 0 heterocycles. The third-order valence-corrected chi connectivity index (χ3v) is 3.80. The van der Waals surface area contributed by atoms with Crippen LogP contribution in [0.25, 0.3) is 0 Å². The molecule has 0 radical (unpaired) electrons. The van der Waals surface area contributed by atoms with E-state index in [9.17, 15) is 0 Å². The summed E-state index contributed by atoms with van der Waals surface area (Å²) in [5, 5.41) is 4.65. The monoisotopic (exact) mass is 316 g/mol. The Kier molecular flexibility index (Phi) is 4.92. The maximum atomic E-state index is 5.37. The van der Waals surface area contributed by atoms with Gasteiger partial charge in [0.15, 0.2) is 0 Å². The second kappa shape index (κ2) is 7.47. The van der Waals surface area contributed by atoms with E-state index in [1.165, 1.54) is 0 Å². The van der Waals surface area contributed by atoms with Crippen LogP contribution in [0.1, 0.15) is 16.7 Å². The Balaban J connectivity index is 1.96. The predicted octanol–water partition coefficient (Wildman–Crippen LogP) is 4.87. The first-order valence-electron chi connectivity index (χ1n) is 7.87. The molecule has 3 aromatic carbocycles. The van der Waals surface area contributed by atoms with Crippen molar-refractivity contribution in [3.63, 3.8) is 0 Å². The largest absolute Gasteiger partial charge is 0.496 e. The van der Waals surface area contributed by atoms with Gasteiger partial charge in [0.05, 0.1) is 18.5 Å². The normalized spacial score (nSPS) is 10.1. The van der Waals surface area contributed by atoms with E-state index in [0.717, 1.165) is 33.8 Å². The van der Waals surface area contributed by atoms with Crippen molar-refractivity contribution in [1.29, 1.82) is 0 Å². The molecule has 0 unspecified atom stereocenters. The molecule has 120 valence electrons. The zero-order chi connectivity index (χ0) is 16.8. The molecule has 24 heavy (non-hydrogen) atoms. The zero-order valence-electron chi connectivity index (χ0n) is 13.9. The lowest BCUT2D eigenvalue weighted by molar-refractivity contribution is 0.412. The molecule has 1 N–H and O–H groups in total. The number of rotatable bonds is 5. The highest BCUT2D eigenvalue weighted by Gasteiger charge is 2.07. The summed E-state index contributed by atoms with van der Waals surface area (Å²) in [6, 6.07) is 26.3. The molecule has 3 heteroatoms. The van der Waals surface area contributed by atoms with E-state index in [0.29, 0.717) is 0 Å². The van der Waals surface area contributed by atoms with Gasteiger partial charge in [0, 0.05) is 17.2 Å². The summed E-state index contributed by atoms with van der Waals surface area (Å²) >= 11 is 0. The number of nitrogens with zero attached hydrogens (tertiary/aromatic N) is 1. The lowest BCUT2D eigenvalue weighted by atomic mass is 10.0. The zero-order valence-corrected chi connectivity index (χ0v) is 13.9. The maximum absolute atomic E-state index is 5.37. The summed E-state index contributed by atoms with van der Waals surface area (Å²) in [6.07, 6.45) is 0. The quantitative estimate of drug-likeness (QED) is 0.538. The first-order chi connectivity index (χ1) is 11.8. The molecule has 0 bridgehead atoms. The summed E-state index contributed by atoms with van der Waals surface area (Å²) in [6.45, 7) is 2.02. The van der Waals surface area contributed by atoms with Gasteiger partial charge in [0.25, 0.3) is 0 Å². The van der Waals surface area contributed by atoms with Crippen molar-refractivity contribution in [2.45, 2.75) is 6.92 Å². The molecule has 0 spiro atoms. The van der Waals surface area contributed by atoms with Gasteiger partial charge >= 0.3 is 0 Å². The Hall–Kier alpha value is -3.07. The topological polar surface area (TPSA) is 33.6 Å². The number of hydrazone groups is 1. The summed E-state index contributed by atoms with van der Waals surface area (Å²) in [5.74, 6) is 0.844. The molecule has 3 rings (SSSR count). The molecule has 0 saturated carbocycles. The number of ether oxygens (including phenoxy) is 1. The fourth-order valence-corrected chi connectivity index (χ4v) is 2.50. The van der Waals surface area contributed by atoms with Crippen LogP contribution in [-0.4, -0.2) is 12.8 Å². The summed E-state index contributed by atoms with van der Waals surface area (Å²) in [5.41, 5.74) is 8.17. The highest BCUT2D eigenvalue weighted by atomic mass is 16.5. The maximum Gasteiger partial charge on any atom is 0.123 e. The van der Waals surface area contributed by atoms with Crippen LogP contribution < -0.4 is 10.2 Å². The van der Waals surface area contributed by atoms with Crippen LogP contribution >= 0.6 is 0 Å². The average Bonchev–Trinajstić information content (AvgIpc) is 2.65. The minimum Gasteiger partial charge on any atom is -0.496 e. The van der Waals surface area contributed by atoms with Crippen molar-refractivity contribution in [3.05, 3.63) is 95.6 Å². The van der Waals surface area contributed by atoms with Crippen LogP contribution in [0.5, 0.6) is 5.75 Å². The molecular weight excluding hydrogens is 296 g/mol. The molecular formula is C21H20N2O. The van der Waals surface area contributed by atoms with Crippen molar-refractivity contribution >= 4 is 11.4 Å². The van der Waals surface area contributed by atoms with Crippen molar-refractivity contribution in [2.75, 3.05) is 12.5 Å².